The second-order valence-electron chi connectivity index (χ2n) is 5.71. The molecular weight excluding hydrogens is 318 g/mol. The van der Waals surface area contributed by atoms with Gasteiger partial charge in [0.2, 0.25) is 0 Å². The molecule has 128 valence electrons. The Bertz CT molecular complexity index is 1050. The number of hydrogen-bond donors (Lipinski definition) is 1. The highest BCUT2D eigenvalue weighted by Gasteiger charge is 2.12. The van der Waals surface area contributed by atoms with Crippen LogP contribution in [0.4, 0.5) is 0 Å². The molecule has 3 aromatic rings. The van der Waals surface area contributed by atoms with Crippen molar-refractivity contribution in [2.45, 2.75) is 20.0 Å². The molecule has 1 aromatic heterocycles. The summed E-state index contributed by atoms with van der Waals surface area (Å²) < 4.78 is 2.97. The number of amides is 1. The Morgan fingerprint density at radius 2 is 1.48 bits per heavy atom. The van der Waals surface area contributed by atoms with Gasteiger partial charge < -0.3 is 9.88 Å². The van der Waals surface area contributed by atoms with E-state index < -0.39 is 11.1 Å². The molecule has 6 heteroatoms. The van der Waals surface area contributed by atoms with Crippen LogP contribution >= 0.6 is 0 Å². The maximum atomic E-state index is 12.6. The minimum Gasteiger partial charge on any atom is -0.355 e. The molecule has 0 radical (unpaired) electrons. The molecule has 0 atom stereocenters. The second-order valence-corrected chi connectivity index (χ2v) is 5.71. The van der Waals surface area contributed by atoms with E-state index >= 15 is 0 Å². The fourth-order valence-corrected chi connectivity index (χ4v) is 2.93. The first-order valence-electron chi connectivity index (χ1n) is 8.10. The number of para-hydroxylation sites is 2. The maximum absolute atomic E-state index is 12.6. The van der Waals surface area contributed by atoms with Gasteiger partial charge in [-0.2, -0.15) is 0 Å². The molecule has 1 heterocycles. The highest BCUT2D eigenvalue weighted by Crippen LogP contribution is 2.13. The fraction of sp³-hybridized carbons (Fsp3) is 0.211. The monoisotopic (exact) mass is 337 g/mol. The van der Waals surface area contributed by atoms with Gasteiger partial charge >= 0.3 is 11.1 Å². The molecule has 0 saturated carbocycles. The van der Waals surface area contributed by atoms with Gasteiger partial charge in [0.05, 0.1) is 17.6 Å². The van der Waals surface area contributed by atoms with Crippen LogP contribution in [-0.2, 0) is 13.1 Å². The summed E-state index contributed by atoms with van der Waals surface area (Å²) in [5, 5.41) is 2.57. The van der Waals surface area contributed by atoms with Gasteiger partial charge in [0.25, 0.3) is 5.91 Å². The van der Waals surface area contributed by atoms with Crippen molar-refractivity contribution in [3.05, 3.63) is 80.4 Å². The predicted octanol–water partition coefficient (Wildman–Crippen LogP) is 1.59. The Morgan fingerprint density at radius 3 is 2.04 bits per heavy atom. The molecule has 2 aromatic carbocycles. The Kier molecular flexibility index (Phi) is 4.52. The SMILES string of the molecule is CCn1c(=O)c(=O)n(Cc2ccc(C(=O)NC)cc2)c2ccccc21. The third-order valence-electron chi connectivity index (χ3n) is 4.24. The summed E-state index contributed by atoms with van der Waals surface area (Å²) in [7, 11) is 1.57. The van der Waals surface area contributed by atoms with Gasteiger partial charge in [-0.25, -0.2) is 0 Å². The number of aryl methyl sites for hydroxylation is 1. The van der Waals surface area contributed by atoms with Crippen LogP contribution < -0.4 is 16.4 Å². The zero-order chi connectivity index (χ0) is 18.0. The highest BCUT2D eigenvalue weighted by molar-refractivity contribution is 5.93. The first-order chi connectivity index (χ1) is 12.1. The molecule has 3 rings (SSSR count). The molecule has 6 nitrogen and oxygen atoms in total. The van der Waals surface area contributed by atoms with E-state index in [1.807, 2.05) is 31.2 Å². The van der Waals surface area contributed by atoms with Crippen molar-refractivity contribution in [3.63, 3.8) is 0 Å². The van der Waals surface area contributed by atoms with E-state index in [-0.39, 0.29) is 12.5 Å². The summed E-state index contributed by atoms with van der Waals surface area (Å²) in [5.74, 6) is -0.167. The lowest BCUT2D eigenvalue weighted by Gasteiger charge is -2.14. The van der Waals surface area contributed by atoms with Gasteiger partial charge in [-0.05, 0) is 36.8 Å². The van der Waals surface area contributed by atoms with E-state index in [0.717, 1.165) is 11.1 Å². The van der Waals surface area contributed by atoms with Crippen LogP contribution in [0.15, 0.2) is 58.1 Å². The number of benzene rings is 2. The van der Waals surface area contributed by atoms with E-state index in [1.165, 1.54) is 9.13 Å². The normalized spacial score (nSPS) is 10.8. The summed E-state index contributed by atoms with van der Waals surface area (Å²) >= 11 is 0. The molecule has 1 N–H and O–H groups in total. The molecule has 0 fully saturated rings. The smallest absolute Gasteiger partial charge is 0.317 e. The second kappa shape index (κ2) is 6.76. The maximum Gasteiger partial charge on any atom is 0.317 e. The molecule has 0 spiro atoms. The Morgan fingerprint density at radius 1 is 0.920 bits per heavy atom. The minimum absolute atomic E-state index is 0.167. The number of rotatable bonds is 4. The van der Waals surface area contributed by atoms with Crippen molar-refractivity contribution < 1.29 is 4.79 Å². The predicted molar refractivity (Wildman–Crippen MR) is 97.1 cm³/mol. The summed E-state index contributed by atoms with van der Waals surface area (Å²) in [6.45, 7) is 2.55. The van der Waals surface area contributed by atoms with E-state index in [2.05, 4.69) is 5.32 Å². The summed E-state index contributed by atoms with van der Waals surface area (Å²) in [6, 6.07) is 14.3. The number of fused-ring (bicyclic) bond motifs is 1. The first kappa shape index (κ1) is 16.7. The van der Waals surface area contributed by atoms with E-state index in [4.69, 9.17) is 0 Å². The van der Waals surface area contributed by atoms with Crippen LogP contribution in [-0.4, -0.2) is 22.1 Å². The fourth-order valence-electron chi connectivity index (χ4n) is 2.93. The Balaban J connectivity index is 2.11. The van der Waals surface area contributed by atoms with E-state index in [0.29, 0.717) is 17.6 Å². The third kappa shape index (κ3) is 2.98. The number of aromatic nitrogens is 2. The van der Waals surface area contributed by atoms with Gasteiger partial charge in [0.15, 0.2) is 0 Å². The zero-order valence-electron chi connectivity index (χ0n) is 14.2. The first-order valence-corrected chi connectivity index (χ1v) is 8.10. The lowest BCUT2D eigenvalue weighted by atomic mass is 10.1. The Hall–Kier alpha value is -3.15. The van der Waals surface area contributed by atoms with Crippen LogP contribution in [0.5, 0.6) is 0 Å². The lowest BCUT2D eigenvalue weighted by molar-refractivity contribution is 0.0963. The van der Waals surface area contributed by atoms with Crippen LogP contribution in [0.2, 0.25) is 0 Å². The molecule has 0 aliphatic heterocycles. The van der Waals surface area contributed by atoms with Crippen LogP contribution in [0.3, 0.4) is 0 Å². The van der Waals surface area contributed by atoms with Crippen LogP contribution in [0, 0.1) is 0 Å². The van der Waals surface area contributed by atoms with Gasteiger partial charge in [-0.15, -0.1) is 0 Å². The number of carbonyl (C=O) groups is 1. The van der Waals surface area contributed by atoms with Gasteiger partial charge in [-0.1, -0.05) is 24.3 Å². The zero-order valence-corrected chi connectivity index (χ0v) is 14.2. The molecule has 0 aliphatic carbocycles. The van der Waals surface area contributed by atoms with Crippen molar-refractivity contribution in [3.8, 4) is 0 Å². The molecule has 0 aliphatic rings. The molecule has 25 heavy (non-hydrogen) atoms. The molecule has 0 bridgehead atoms. The quantitative estimate of drug-likeness (QED) is 0.735. The largest absolute Gasteiger partial charge is 0.355 e. The van der Waals surface area contributed by atoms with Crippen molar-refractivity contribution >= 4 is 16.9 Å². The number of nitrogens with one attached hydrogen (secondary N) is 1. The van der Waals surface area contributed by atoms with Crippen LogP contribution in [0.1, 0.15) is 22.8 Å². The van der Waals surface area contributed by atoms with Gasteiger partial charge in [-0.3, -0.25) is 19.0 Å². The van der Waals surface area contributed by atoms with Crippen molar-refractivity contribution in [2.24, 2.45) is 0 Å². The van der Waals surface area contributed by atoms with Crippen molar-refractivity contribution in [2.75, 3.05) is 7.05 Å². The summed E-state index contributed by atoms with van der Waals surface area (Å²) in [5.41, 5.74) is 1.76. The summed E-state index contributed by atoms with van der Waals surface area (Å²) in [4.78, 5) is 36.6. The highest BCUT2D eigenvalue weighted by atomic mass is 16.2. The van der Waals surface area contributed by atoms with Gasteiger partial charge in [0, 0.05) is 19.2 Å². The van der Waals surface area contributed by atoms with Crippen molar-refractivity contribution in [1.82, 2.24) is 14.5 Å². The molecule has 0 unspecified atom stereocenters. The van der Waals surface area contributed by atoms with Crippen molar-refractivity contribution in [1.29, 1.82) is 0 Å². The minimum atomic E-state index is -0.545. The third-order valence-corrected chi connectivity index (χ3v) is 4.24. The topological polar surface area (TPSA) is 73.1 Å². The average Bonchev–Trinajstić information content (AvgIpc) is 2.65. The lowest BCUT2D eigenvalue weighted by Crippen LogP contribution is -2.41. The summed E-state index contributed by atoms with van der Waals surface area (Å²) in [6.07, 6.45) is 0. The van der Waals surface area contributed by atoms with E-state index in [9.17, 15) is 14.4 Å². The van der Waals surface area contributed by atoms with Gasteiger partial charge in [0.1, 0.15) is 0 Å². The molecular formula is C19H19N3O3. The molecule has 1 amide bonds. The number of nitrogens with zero attached hydrogens (tertiary/aromatic N) is 2. The standard InChI is InChI=1S/C19H19N3O3/c1-3-21-15-6-4-5-7-16(15)22(19(25)18(21)24)12-13-8-10-14(11-9-13)17(23)20-2/h4-11H,3,12H2,1-2H3,(H,20,23). The average molecular weight is 337 g/mol. The van der Waals surface area contributed by atoms with Crippen LogP contribution in [0.25, 0.3) is 11.0 Å². The number of hydrogen-bond acceptors (Lipinski definition) is 3. The van der Waals surface area contributed by atoms with E-state index in [1.54, 1.807) is 31.3 Å². The Labute approximate surface area is 144 Å². The molecule has 0 saturated heterocycles. The number of carbonyl (C=O) groups excluding carboxylic acids is 1.